The van der Waals surface area contributed by atoms with Gasteiger partial charge in [-0.25, -0.2) is 4.79 Å². The van der Waals surface area contributed by atoms with Crippen molar-refractivity contribution in [3.05, 3.63) is 47.0 Å². The van der Waals surface area contributed by atoms with Crippen molar-refractivity contribution in [3.63, 3.8) is 0 Å². The number of ether oxygens (including phenoxy) is 1. The Hall–Kier alpha value is -2.19. The van der Waals surface area contributed by atoms with Crippen molar-refractivity contribution in [2.45, 2.75) is 6.92 Å². The Morgan fingerprint density at radius 3 is 2.75 bits per heavy atom. The van der Waals surface area contributed by atoms with Crippen molar-refractivity contribution < 1.29 is 14.3 Å². The molecule has 0 bridgehead atoms. The molecule has 0 radical (unpaired) electrons. The second kappa shape index (κ2) is 6.32. The van der Waals surface area contributed by atoms with Crippen LogP contribution in [0.2, 0.25) is 0 Å². The zero-order valence-electron chi connectivity index (χ0n) is 8.96. The molecule has 0 aliphatic carbocycles. The molecular weight excluding hydrogens is 204 g/mol. The summed E-state index contributed by atoms with van der Waals surface area (Å²) in [5.74, 6) is -0.670. The van der Waals surface area contributed by atoms with Crippen molar-refractivity contribution in [2.75, 3.05) is 6.61 Å². The number of aryl methyl sites for hydroxylation is 1. The quantitative estimate of drug-likeness (QED) is 0.333. The SMILES string of the molecule is Cc1ccc(/C=C\COC(=O)C=[N+]=[N-])cc1. The molecule has 4 nitrogen and oxygen atoms in total. The largest absolute Gasteiger partial charge is 0.453 e. The van der Waals surface area contributed by atoms with Gasteiger partial charge in [-0.05, 0) is 18.6 Å². The van der Waals surface area contributed by atoms with Gasteiger partial charge in [-0.2, -0.15) is 4.79 Å². The molecule has 0 aliphatic heterocycles. The van der Waals surface area contributed by atoms with Gasteiger partial charge in [0.2, 0.25) is 0 Å². The van der Waals surface area contributed by atoms with Gasteiger partial charge in [-0.15, -0.1) is 0 Å². The maximum atomic E-state index is 10.7. The molecule has 0 aromatic heterocycles. The number of carbonyl (C=O) groups excluding carboxylic acids is 1. The van der Waals surface area contributed by atoms with Crippen LogP contribution in [0.15, 0.2) is 30.3 Å². The zero-order chi connectivity index (χ0) is 11.8. The van der Waals surface area contributed by atoms with E-state index in [0.717, 1.165) is 5.56 Å². The Bertz CT molecular complexity index is 429. The molecule has 1 aromatic rings. The Morgan fingerprint density at radius 2 is 2.12 bits per heavy atom. The topological polar surface area (TPSA) is 62.7 Å². The first-order valence-electron chi connectivity index (χ1n) is 4.80. The van der Waals surface area contributed by atoms with Crippen molar-refractivity contribution in [1.82, 2.24) is 0 Å². The maximum absolute atomic E-state index is 10.7. The fourth-order valence-corrected chi connectivity index (χ4v) is 1.08. The summed E-state index contributed by atoms with van der Waals surface area (Å²) in [5, 5.41) is 0. The van der Waals surface area contributed by atoms with E-state index in [9.17, 15) is 4.79 Å². The summed E-state index contributed by atoms with van der Waals surface area (Å²) in [4.78, 5) is 13.3. The summed E-state index contributed by atoms with van der Waals surface area (Å²) in [6.07, 6.45) is 4.27. The van der Waals surface area contributed by atoms with Crippen molar-refractivity contribution in [1.29, 1.82) is 0 Å². The minimum Gasteiger partial charge on any atom is -0.453 e. The third kappa shape index (κ3) is 4.35. The summed E-state index contributed by atoms with van der Waals surface area (Å²) in [7, 11) is 0. The zero-order valence-corrected chi connectivity index (χ0v) is 8.96. The molecule has 0 atom stereocenters. The van der Waals surface area contributed by atoms with Gasteiger partial charge < -0.3 is 10.3 Å². The molecule has 0 saturated heterocycles. The third-order valence-corrected chi connectivity index (χ3v) is 1.87. The van der Waals surface area contributed by atoms with Crippen LogP contribution >= 0.6 is 0 Å². The average molecular weight is 216 g/mol. The van der Waals surface area contributed by atoms with E-state index in [1.54, 1.807) is 6.08 Å². The van der Waals surface area contributed by atoms with Gasteiger partial charge in [0.05, 0.1) is 0 Å². The van der Waals surface area contributed by atoms with E-state index >= 15 is 0 Å². The van der Waals surface area contributed by atoms with Gasteiger partial charge in [0, 0.05) is 0 Å². The van der Waals surface area contributed by atoms with E-state index in [4.69, 9.17) is 10.3 Å². The summed E-state index contributed by atoms with van der Waals surface area (Å²) < 4.78 is 4.69. The first kappa shape index (κ1) is 11.9. The Kier molecular flexibility index (Phi) is 4.70. The predicted molar refractivity (Wildman–Crippen MR) is 60.9 cm³/mol. The van der Waals surface area contributed by atoms with Crippen LogP contribution in [0.5, 0.6) is 0 Å². The van der Waals surface area contributed by atoms with Crippen LogP contribution in [0.1, 0.15) is 11.1 Å². The lowest BCUT2D eigenvalue weighted by Crippen LogP contribution is -2.05. The van der Waals surface area contributed by atoms with E-state index in [2.05, 4.69) is 4.79 Å². The van der Waals surface area contributed by atoms with Crippen LogP contribution in [0.25, 0.3) is 11.6 Å². The number of carbonyl (C=O) groups is 1. The molecule has 0 fully saturated rings. The third-order valence-electron chi connectivity index (χ3n) is 1.87. The van der Waals surface area contributed by atoms with Gasteiger partial charge in [0.25, 0.3) is 0 Å². The van der Waals surface area contributed by atoms with Gasteiger partial charge in [-0.1, -0.05) is 35.9 Å². The highest BCUT2D eigenvalue weighted by molar-refractivity contribution is 6.20. The molecule has 0 saturated carbocycles. The standard InChI is InChI=1S/C12H12N2O2/c1-10-4-6-11(7-5-10)3-2-8-16-12(15)9-14-13/h2-7,9H,8H2,1H3/b3-2-. The van der Waals surface area contributed by atoms with Gasteiger partial charge in [0.1, 0.15) is 6.61 Å². The summed E-state index contributed by atoms with van der Waals surface area (Å²) >= 11 is 0. The van der Waals surface area contributed by atoms with E-state index < -0.39 is 5.97 Å². The van der Waals surface area contributed by atoms with E-state index in [1.165, 1.54) is 5.56 Å². The molecule has 0 amide bonds. The van der Waals surface area contributed by atoms with Crippen LogP contribution in [-0.4, -0.2) is 23.6 Å². The lowest BCUT2D eigenvalue weighted by Gasteiger charge is -1.95. The highest BCUT2D eigenvalue weighted by Gasteiger charge is 1.99. The number of benzene rings is 1. The molecule has 4 heteroatoms. The van der Waals surface area contributed by atoms with Crippen molar-refractivity contribution in [2.24, 2.45) is 0 Å². The Labute approximate surface area is 93.8 Å². The first-order valence-corrected chi connectivity index (χ1v) is 4.80. The van der Waals surface area contributed by atoms with Gasteiger partial charge >= 0.3 is 12.2 Å². The van der Waals surface area contributed by atoms with Gasteiger partial charge in [0.15, 0.2) is 0 Å². The summed E-state index contributed by atoms with van der Waals surface area (Å²) in [6.45, 7) is 2.17. The number of nitrogens with zero attached hydrogens (tertiary/aromatic N) is 2. The molecule has 1 aromatic carbocycles. The monoisotopic (exact) mass is 216 g/mol. The number of esters is 1. The average Bonchev–Trinajstić information content (AvgIpc) is 2.27. The summed E-state index contributed by atoms with van der Waals surface area (Å²) in [5.41, 5.74) is 10.3. The molecule has 0 heterocycles. The molecular formula is C12H12N2O2. The van der Waals surface area contributed by atoms with Crippen molar-refractivity contribution in [3.8, 4) is 0 Å². The van der Waals surface area contributed by atoms with E-state index in [-0.39, 0.29) is 6.61 Å². The minimum atomic E-state index is -0.670. The van der Waals surface area contributed by atoms with Crippen molar-refractivity contribution >= 4 is 18.3 Å². The van der Waals surface area contributed by atoms with Crippen LogP contribution < -0.4 is 0 Å². The number of hydrogen-bond donors (Lipinski definition) is 0. The fourth-order valence-electron chi connectivity index (χ4n) is 1.08. The van der Waals surface area contributed by atoms with Crippen LogP contribution in [0.4, 0.5) is 0 Å². The van der Waals surface area contributed by atoms with Crippen LogP contribution in [0.3, 0.4) is 0 Å². The summed E-state index contributed by atoms with van der Waals surface area (Å²) in [6, 6.07) is 7.96. The number of rotatable bonds is 4. The second-order valence-electron chi connectivity index (χ2n) is 3.19. The van der Waals surface area contributed by atoms with E-state index in [1.807, 2.05) is 37.3 Å². The number of hydrogen-bond acceptors (Lipinski definition) is 2. The van der Waals surface area contributed by atoms with Crippen LogP contribution in [0, 0.1) is 6.92 Å². The maximum Gasteiger partial charge on any atom is 0.413 e. The lowest BCUT2D eigenvalue weighted by atomic mass is 10.1. The second-order valence-corrected chi connectivity index (χ2v) is 3.19. The molecule has 0 aliphatic rings. The highest BCUT2D eigenvalue weighted by Crippen LogP contribution is 2.04. The Balaban J connectivity index is 2.40. The molecule has 1 rings (SSSR count). The molecule has 0 N–H and O–H groups in total. The molecule has 0 spiro atoms. The molecule has 0 unspecified atom stereocenters. The fraction of sp³-hybridized carbons (Fsp3) is 0.167. The molecule has 16 heavy (non-hydrogen) atoms. The highest BCUT2D eigenvalue weighted by atomic mass is 16.5. The molecule has 82 valence electrons. The normalized spacial score (nSPS) is 9.81. The van der Waals surface area contributed by atoms with Crippen LogP contribution in [-0.2, 0) is 9.53 Å². The minimum absolute atomic E-state index is 0.152. The van der Waals surface area contributed by atoms with Gasteiger partial charge in [-0.3, -0.25) is 0 Å². The Morgan fingerprint density at radius 1 is 1.44 bits per heavy atom. The first-order chi connectivity index (χ1) is 7.72. The predicted octanol–water partition coefficient (Wildman–Crippen LogP) is 1.85. The smallest absolute Gasteiger partial charge is 0.413 e. The van der Waals surface area contributed by atoms with E-state index in [0.29, 0.717) is 6.21 Å². The lowest BCUT2D eigenvalue weighted by molar-refractivity contribution is -0.137.